The molecular formula is C28H24Cl2F2N4O. The lowest BCUT2D eigenvalue weighted by Crippen LogP contribution is -2.54. The minimum absolute atomic E-state index is 0.0365. The number of benzene rings is 3. The quantitative estimate of drug-likeness (QED) is 0.310. The molecule has 1 unspecified atom stereocenters. The van der Waals surface area contributed by atoms with Crippen LogP contribution in [0.25, 0.3) is 0 Å². The summed E-state index contributed by atoms with van der Waals surface area (Å²) in [6.07, 6.45) is 4.66. The maximum absolute atomic E-state index is 14.2. The summed E-state index contributed by atoms with van der Waals surface area (Å²) in [6, 6.07) is 16.0. The van der Waals surface area contributed by atoms with E-state index < -0.39 is 23.2 Å². The van der Waals surface area contributed by atoms with Crippen molar-refractivity contribution in [1.82, 2.24) is 0 Å². The Hall–Kier alpha value is -3.34. The number of anilines is 3. The van der Waals surface area contributed by atoms with Crippen LogP contribution in [0.5, 0.6) is 0 Å². The summed E-state index contributed by atoms with van der Waals surface area (Å²) in [5.41, 5.74) is 0.968. The monoisotopic (exact) mass is 540 g/mol. The summed E-state index contributed by atoms with van der Waals surface area (Å²) in [4.78, 5) is 14.1. The Bertz CT molecular complexity index is 1350. The van der Waals surface area contributed by atoms with Gasteiger partial charge in [0.05, 0.1) is 39.6 Å². The molecule has 0 saturated heterocycles. The highest BCUT2D eigenvalue weighted by molar-refractivity contribution is 6.33. The van der Waals surface area contributed by atoms with E-state index in [0.29, 0.717) is 33.2 Å². The molecule has 1 heterocycles. The number of nitriles is 1. The molecule has 1 fully saturated rings. The van der Waals surface area contributed by atoms with E-state index in [0.717, 1.165) is 44.2 Å². The number of fused-ring (bicyclic) bond motifs is 1. The summed E-state index contributed by atoms with van der Waals surface area (Å²) in [7, 11) is 0. The lowest BCUT2D eigenvalue weighted by atomic mass is 9.71. The first-order valence-electron chi connectivity index (χ1n) is 12.1. The fraction of sp³-hybridized carbons (Fsp3) is 0.286. The number of nitrogens with zero attached hydrogens (tertiary/aromatic N) is 1. The highest BCUT2D eigenvalue weighted by atomic mass is 35.5. The number of nitrogens with one attached hydrogen (secondary N) is 3. The highest BCUT2D eigenvalue weighted by Gasteiger charge is 2.52. The summed E-state index contributed by atoms with van der Waals surface area (Å²) < 4.78 is 28.4. The number of amides is 1. The third-order valence-corrected chi connectivity index (χ3v) is 7.81. The van der Waals surface area contributed by atoms with Crippen molar-refractivity contribution < 1.29 is 13.6 Å². The zero-order valence-corrected chi connectivity index (χ0v) is 21.3. The zero-order valence-electron chi connectivity index (χ0n) is 19.8. The van der Waals surface area contributed by atoms with Crippen molar-refractivity contribution in [3.8, 4) is 6.07 Å². The van der Waals surface area contributed by atoms with E-state index in [2.05, 4.69) is 16.0 Å². The van der Waals surface area contributed by atoms with Crippen molar-refractivity contribution in [2.45, 2.75) is 37.8 Å². The van der Waals surface area contributed by atoms with Crippen LogP contribution >= 0.6 is 23.2 Å². The van der Waals surface area contributed by atoms with Gasteiger partial charge >= 0.3 is 0 Å². The molecule has 1 atom stereocenters. The number of rotatable bonds is 5. The first-order valence-corrected chi connectivity index (χ1v) is 12.9. The lowest BCUT2D eigenvalue weighted by molar-refractivity contribution is -0.124. The average Bonchev–Trinajstić information content (AvgIpc) is 3.25. The van der Waals surface area contributed by atoms with Gasteiger partial charge in [0.15, 0.2) is 11.6 Å². The van der Waals surface area contributed by atoms with Gasteiger partial charge in [-0.2, -0.15) is 5.26 Å². The molecule has 37 heavy (non-hydrogen) atoms. The smallest absolute Gasteiger partial charge is 0.232 e. The van der Waals surface area contributed by atoms with E-state index in [-0.39, 0.29) is 16.8 Å². The van der Waals surface area contributed by atoms with Gasteiger partial charge in [-0.15, -0.1) is 0 Å². The molecule has 190 valence electrons. The van der Waals surface area contributed by atoms with Crippen molar-refractivity contribution in [2.24, 2.45) is 11.8 Å². The molecule has 3 aromatic carbocycles. The number of hydrogen-bond acceptors (Lipinski definition) is 4. The predicted molar refractivity (Wildman–Crippen MR) is 142 cm³/mol. The third kappa shape index (κ3) is 4.84. The molecule has 0 spiro atoms. The molecular weight excluding hydrogens is 517 g/mol. The Balaban J connectivity index is 1.62. The van der Waals surface area contributed by atoms with Crippen molar-refractivity contribution in [3.05, 3.63) is 87.4 Å². The summed E-state index contributed by atoms with van der Waals surface area (Å²) in [5, 5.41) is 19.6. The largest absolute Gasteiger partial charge is 0.357 e. The Morgan fingerprint density at radius 1 is 0.973 bits per heavy atom. The molecule has 1 amide bonds. The number of carbonyl (C=O) groups is 1. The van der Waals surface area contributed by atoms with Crippen LogP contribution in [0.2, 0.25) is 10.0 Å². The van der Waals surface area contributed by atoms with Crippen LogP contribution in [0.15, 0.2) is 54.6 Å². The minimum atomic E-state index is -1.21. The van der Waals surface area contributed by atoms with Gasteiger partial charge in [-0.05, 0) is 54.7 Å². The second-order valence-electron chi connectivity index (χ2n) is 9.55. The zero-order chi connectivity index (χ0) is 26.2. The van der Waals surface area contributed by atoms with Gasteiger partial charge in [-0.25, -0.2) is 8.78 Å². The van der Waals surface area contributed by atoms with Gasteiger partial charge < -0.3 is 16.0 Å². The summed E-state index contributed by atoms with van der Waals surface area (Å²) in [6.45, 7) is 0. The van der Waals surface area contributed by atoms with Crippen LogP contribution in [0.1, 0.15) is 43.2 Å². The topological polar surface area (TPSA) is 77.0 Å². The molecule has 5 rings (SSSR count). The maximum atomic E-state index is 14.2. The standard InChI is InChI=1S/C28H24Cl2F2N4O/c29-19-9-7-18(8-10-19)28(35-24-13-21(31)22(32)14-25(24)36-28)26(17-4-2-1-3-5-17)27(37)34-23-11-6-16(15-33)12-20(23)30/h6-14,17,26,35-36H,1-5H2,(H,34,37). The van der Waals surface area contributed by atoms with Gasteiger partial charge in [0.1, 0.15) is 5.66 Å². The molecule has 3 aromatic rings. The first kappa shape index (κ1) is 25.3. The van der Waals surface area contributed by atoms with Gasteiger partial charge in [0, 0.05) is 17.2 Å². The van der Waals surface area contributed by atoms with Gasteiger partial charge in [-0.1, -0.05) is 54.6 Å². The van der Waals surface area contributed by atoms with Crippen LogP contribution in [-0.2, 0) is 10.5 Å². The summed E-state index contributed by atoms with van der Waals surface area (Å²) >= 11 is 12.6. The molecule has 0 radical (unpaired) electrons. The van der Waals surface area contributed by atoms with Crippen LogP contribution in [0.4, 0.5) is 25.8 Å². The molecule has 1 aliphatic carbocycles. The van der Waals surface area contributed by atoms with E-state index >= 15 is 0 Å². The molecule has 5 nitrogen and oxygen atoms in total. The van der Waals surface area contributed by atoms with Crippen LogP contribution in [-0.4, -0.2) is 5.91 Å². The summed E-state index contributed by atoms with van der Waals surface area (Å²) in [5.74, 6) is -3.00. The first-order chi connectivity index (χ1) is 17.8. The molecule has 2 aliphatic rings. The van der Waals surface area contributed by atoms with Crippen molar-refractivity contribution in [3.63, 3.8) is 0 Å². The number of halogens is 4. The molecule has 0 bridgehead atoms. The fourth-order valence-electron chi connectivity index (χ4n) is 5.53. The van der Waals surface area contributed by atoms with Gasteiger partial charge in [0.25, 0.3) is 0 Å². The van der Waals surface area contributed by atoms with E-state index in [1.807, 2.05) is 6.07 Å². The second-order valence-corrected chi connectivity index (χ2v) is 10.4. The van der Waals surface area contributed by atoms with Crippen LogP contribution in [0.3, 0.4) is 0 Å². The van der Waals surface area contributed by atoms with Crippen LogP contribution < -0.4 is 16.0 Å². The van der Waals surface area contributed by atoms with Crippen molar-refractivity contribution in [1.29, 1.82) is 5.26 Å². The molecule has 1 aliphatic heterocycles. The molecule has 1 saturated carbocycles. The second kappa shape index (κ2) is 10.2. The predicted octanol–water partition coefficient (Wildman–Crippen LogP) is 7.67. The molecule has 0 aromatic heterocycles. The van der Waals surface area contributed by atoms with Gasteiger partial charge in [0.2, 0.25) is 5.91 Å². The minimum Gasteiger partial charge on any atom is -0.357 e. The lowest BCUT2D eigenvalue weighted by Gasteiger charge is -2.43. The van der Waals surface area contributed by atoms with Crippen LogP contribution in [0, 0.1) is 34.8 Å². The SMILES string of the molecule is N#Cc1ccc(NC(=O)C(C2CCCCC2)C2(c3ccc(Cl)cc3)Nc3cc(F)c(F)cc3N2)c(Cl)c1. The number of carbonyl (C=O) groups excluding carboxylic acids is 1. The fourth-order valence-corrected chi connectivity index (χ4v) is 5.88. The number of hydrogen-bond donors (Lipinski definition) is 3. The van der Waals surface area contributed by atoms with E-state index in [1.54, 1.807) is 36.4 Å². The molecule has 9 heteroatoms. The Morgan fingerprint density at radius 3 is 2.16 bits per heavy atom. The van der Waals surface area contributed by atoms with E-state index in [1.165, 1.54) is 6.07 Å². The molecule has 3 N–H and O–H groups in total. The van der Waals surface area contributed by atoms with Gasteiger partial charge in [-0.3, -0.25) is 4.79 Å². The maximum Gasteiger partial charge on any atom is 0.232 e. The Morgan fingerprint density at radius 2 is 1.59 bits per heavy atom. The Labute approximate surface area is 223 Å². The van der Waals surface area contributed by atoms with Crippen molar-refractivity contribution >= 4 is 46.2 Å². The van der Waals surface area contributed by atoms with Crippen molar-refractivity contribution in [2.75, 3.05) is 16.0 Å². The van der Waals surface area contributed by atoms with E-state index in [9.17, 15) is 13.6 Å². The van der Waals surface area contributed by atoms with E-state index in [4.69, 9.17) is 28.5 Å². The Kier molecular flexibility index (Phi) is 6.98. The highest BCUT2D eigenvalue weighted by Crippen LogP contribution is 2.49. The average molecular weight is 541 g/mol. The normalized spacial score (nSPS) is 17.2. The third-order valence-electron chi connectivity index (χ3n) is 7.25.